The van der Waals surface area contributed by atoms with Crippen LogP contribution in [0.3, 0.4) is 0 Å². The number of aryl methyl sites for hydroxylation is 3. The maximum Gasteiger partial charge on any atom is 0.332 e. The molecule has 5 rings (SSSR count). The van der Waals surface area contributed by atoms with Crippen LogP contribution in [0.1, 0.15) is 30.2 Å². The average molecular weight is 473 g/mol. The van der Waals surface area contributed by atoms with E-state index in [0.717, 1.165) is 23.6 Å². The third kappa shape index (κ3) is 3.73. The summed E-state index contributed by atoms with van der Waals surface area (Å²) in [6.45, 7) is 2.61. The van der Waals surface area contributed by atoms with Crippen molar-refractivity contribution in [1.29, 1.82) is 0 Å². The minimum absolute atomic E-state index is 0.316. The van der Waals surface area contributed by atoms with Crippen molar-refractivity contribution in [2.24, 2.45) is 20.0 Å². The number of hydrogen-bond donors (Lipinski definition) is 0. The van der Waals surface area contributed by atoms with Gasteiger partial charge in [0.15, 0.2) is 11.2 Å². The van der Waals surface area contributed by atoms with Crippen molar-refractivity contribution in [3.8, 4) is 10.8 Å². The fourth-order valence-corrected chi connectivity index (χ4v) is 5.97. The summed E-state index contributed by atoms with van der Waals surface area (Å²) in [5, 5.41) is 8.88. The maximum absolute atomic E-state index is 12.8. The summed E-state index contributed by atoms with van der Waals surface area (Å²) in [5.74, 6) is 1.94. The first-order valence-electron chi connectivity index (χ1n) is 10.6. The first-order valence-corrected chi connectivity index (χ1v) is 12.4. The second kappa shape index (κ2) is 8.36. The summed E-state index contributed by atoms with van der Waals surface area (Å²) in [6, 6.07) is 2.19. The van der Waals surface area contributed by atoms with E-state index in [0.29, 0.717) is 41.0 Å². The smallest absolute Gasteiger partial charge is 0.332 e. The largest absolute Gasteiger partial charge is 0.410 e. The van der Waals surface area contributed by atoms with E-state index in [1.807, 2.05) is 0 Å². The Bertz CT molecular complexity index is 1410. The quantitative estimate of drug-likeness (QED) is 0.314. The van der Waals surface area contributed by atoms with Gasteiger partial charge in [-0.1, -0.05) is 18.7 Å². The summed E-state index contributed by atoms with van der Waals surface area (Å²) in [5.41, 5.74) is 1.56. The number of hydrogen-bond acceptors (Lipinski definition) is 8. The molecule has 0 amide bonds. The normalized spacial score (nSPS) is 16.0. The lowest BCUT2D eigenvalue weighted by molar-refractivity contribution is 0.466. The molecule has 1 atom stereocenters. The Morgan fingerprint density at radius 1 is 1.28 bits per heavy atom. The number of rotatable bonds is 6. The molecule has 168 valence electrons. The SMILES string of the molecule is CC1CCc2sc(-c3nnc(SCCCn4c(=O)c5c(ncn5C)n(C)c4=O)o3)cc2C1. The third-order valence-corrected chi connectivity index (χ3v) is 8.03. The molecule has 1 aliphatic rings. The number of aromatic nitrogens is 6. The molecule has 0 aromatic carbocycles. The van der Waals surface area contributed by atoms with Crippen LogP contribution in [0.2, 0.25) is 0 Å². The molecule has 4 heterocycles. The lowest BCUT2D eigenvalue weighted by Gasteiger charge is -2.16. The van der Waals surface area contributed by atoms with Crippen LogP contribution in [0.25, 0.3) is 21.9 Å². The van der Waals surface area contributed by atoms with Gasteiger partial charge < -0.3 is 8.98 Å². The highest BCUT2D eigenvalue weighted by Crippen LogP contribution is 2.37. The van der Waals surface area contributed by atoms with Gasteiger partial charge in [0, 0.05) is 31.3 Å². The number of nitrogens with zero attached hydrogens (tertiary/aromatic N) is 6. The molecule has 1 aliphatic carbocycles. The molecular formula is C21H24N6O3S2. The molecule has 0 bridgehead atoms. The molecule has 4 aromatic heterocycles. The van der Waals surface area contributed by atoms with E-state index >= 15 is 0 Å². The molecule has 0 saturated carbocycles. The summed E-state index contributed by atoms with van der Waals surface area (Å²) >= 11 is 3.19. The van der Waals surface area contributed by atoms with Crippen LogP contribution in [0.5, 0.6) is 0 Å². The number of thioether (sulfide) groups is 1. The Morgan fingerprint density at radius 3 is 2.97 bits per heavy atom. The van der Waals surface area contributed by atoms with Gasteiger partial charge in [0.1, 0.15) is 0 Å². The molecular weight excluding hydrogens is 448 g/mol. The van der Waals surface area contributed by atoms with Gasteiger partial charge in [0.05, 0.1) is 11.2 Å². The van der Waals surface area contributed by atoms with Crippen molar-refractivity contribution in [1.82, 2.24) is 28.9 Å². The van der Waals surface area contributed by atoms with Crippen molar-refractivity contribution in [3.63, 3.8) is 0 Å². The fourth-order valence-electron chi connectivity index (χ4n) is 4.15. The lowest BCUT2D eigenvalue weighted by Crippen LogP contribution is -2.39. The Kier molecular flexibility index (Phi) is 5.54. The van der Waals surface area contributed by atoms with Crippen LogP contribution < -0.4 is 11.2 Å². The van der Waals surface area contributed by atoms with E-state index in [1.165, 1.54) is 37.8 Å². The molecule has 0 radical (unpaired) electrons. The maximum atomic E-state index is 12.8. The van der Waals surface area contributed by atoms with Gasteiger partial charge in [-0.2, -0.15) is 0 Å². The van der Waals surface area contributed by atoms with Gasteiger partial charge in [-0.3, -0.25) is 13.9 Å². The Balaban J connectivity index is 1.24. The van der Waals surface area contributed by atoms with Gasteiger partial charge in [-0.15, -0.1) is 21.5 Å². The molecule has 4 aromatic rings. The highest BCUT2D eigenvalue weighted by atomic mass is 32.2. The zero-order valence-electron chi connectivity index (χ0n) is 18.2. The van der Waals surface area contributed by atoms with Gasteiger partial charge in [-0.05, 0) is 43.2 Å². The Morgan fingerprint density at radius 2 is 2.12 bits per heavy atom. The number of fused-ring (bicyclic) bond motifs is 2. The summed E-state index contributed by atoms with van der Waals surface area (Å²) < 4.78 is 10.2. The highest BCUT2D eigenvalue weighted by Gasteiger charge is 2.21. The molecule has 0 N–H and O–H groups in total. The van der Waals surface area contributed by atoms with Crippen molar-refractivity contribution < 1.29 is 4.42 Å². The molecule has 9 nitrogen and oxygen atoms in total. The Labute approximate surface area is 192 Å². The van der Waals surface area contributed by atoms with Gasteiger partial charge >= 0.3 is 5.69 Å². The molecule has 0 spiro atoms. The van der Waals surface area contributed by atoms with Crippen LogP contribution in [0.15, 0.2) is 31.6 Å². The molecule has 1 unspecified atom stereocenters. The molecule has 0 saturated heterocycles. The van der Waals surface area contributed by atoms with Crippen molar-refractivity contribution in [2.75, 3.05) is 5.75 Å². The predicted molar refractivity (Wildman–Crippen MR) is 124 cm³/mol. The topological polar surface area (TPSA) is 101 Å². The number of imidazole rings is 1. The first-order chi connectivity index (χ1) is 15.4. The van der Waals surface area contributed by atoms with E-state index < -0.39 is 0 Å². The first kappa shape index (κ1) is 21.2. The zero-order chi connectivity index (χ0) is 22.4. The second-order valence-corrected chi connectivity index (χ2v) is 10.5. The van der Waals surface area contributed by atoms with Crippen LogP contribution >= 0.6 is 23.1 Å². The molecule has 11 heteroatoms. The minimum atomic E-state index is -0.359. The predicted octanol–water partition coefficient (Wildman–Crippen LogP) is 2.85. The molecule has 0 fully saturated rings. The molecule has 0 aliphatic heterocycles. The fraction of sp³-hybridized carbons (Fsp3) is 0.476. The Hall–Kier alpha value is -2.66. The monoisotopic (exact) mass is 472 g/mol. The van der Waals surface area contributed by atoms with Gasteiger partial charge in [-0.25, -0.2) is 9.78 Å². The van der Waals surface area contributed by atoms with E-state index in [9.17, 15) is 9.59 Å². The van der Waals surface area contributed by atoms with Crippen molar-refractivity contribution in [2.45, 2.75) is 44.4 Å². The van der Waals surface area contributed by atoms with E-state index in [1.54, 1.807) is 36.3 Å². The van der Waals surface area contributed by atoms with Crippen LogP contribution in [0.4, 0.5) is 0 Å². The third-order valence-electron chi connectivity index (χ3n) is 5.90. The average Bonchev–Trinajstić information content (AvgIpc) is 3.49. The van der Waals surface area contributed by atoms with E-state index in [-0.39, 0.29) is 11.2 Å². The van der Waals surface area contributed by atoms with E-state index in [4.69, 9.17) is 4.42 Å². The summed E-state index contributed by atoms with van der Waals surface area (Å²) in [7, 11) is 3.38. The van der Waals surface area contributed by atoms with Crippen molar-refractivity contribution >= 4 is 34.3 Å². The van der Waals surface area contributed by atoms with Crippen LogP contribution in [-0.2, 0) is 33.5 Å². The minimum Gasteiger partial charge on any atom is -0.410 e. The second-order valence-electron chi connectivity index (χ2n) is 8.31. The molecule has 32 heavy (non-hydrogen) atoms. The highest BCUT2D eigenvalue weighted by molar-refractivity contribution is 7.99. The number of thiophene rings is 1. The standard InChI is InChI=1S/C21H24N6O3S2/c1-12-5-6-14-13(9-12)10-15(32-14)18-23-24-20(30-18)31-8-4-7-27-19(28)16-17(22-11-25(16)2)26(3)21(27)29/h10-12H,4-9H2,1-3H3. The van der Waals surface area contributed by atoms with Crippen LogP contribution in [-0.4, -0.2) is 34.6 Å². The summed E-state index contributed by atoms with van der Waals surface area (Å²) in [6.07, 6.45) is 5.64. The van der Waals surface area contributed by atoms with Gasteiger partial charge in [0.2, 0.25) is 0 Å². The van der Waals surface area contributed by atoms with E-state index in [2.05, 4.69) is 28.2 Å². The zero-order valence-corrected chi connectivity index (χ0v) is 19.8. The lowest BCUT2D eigenvalue weighted by atomic mass is 9.90. The summed E-state index contributed by atoms with van der Waals surface area (Å²) in [4.78, 5) is 31.9. The van der Waals surface area contributed by atoms with Gasteiger partial charge in [0.25, 0.3) is 16.7 Å². The van der Waals surface area contributed by atoms with Crippen LogP contribution in [0, 0.1) is 5.92 Å². The van der Waals surface area contributed by atoms with Crippen molar-refractivity contribution in [3.05, 3.63) is 43.7 Å².